The van der Waals surface area contributed by atoms with Gasteiger partial charge in [0.1, 0.15) is 22.2 Å². The van der Waals surface area contributed by atoms with Gasteiger partial charge >= 0.3 is 0 Å². The Labute approximate surface area is 214 Å². The van der Waals surface area contributed by atoms with E-state index in [0.29, 0.717) is 11.4 Å². The molecule has 2 aliphatic heterocycles. The smallest absolute Gasteiger partial charge is 0.238 e. The largest absolute Gasteiger partial charge is 0.507 e. The average molecular weight is 521 g/mol. The van der Waals surface area contributed by atoms with Gasteiger partial charge in [0.2, 0.25) is 11.8 Å². The third-order valence-electron chi connectivity index (χ3n) is 5.93. The minimum Gasteiger partial charge on any atom is -0.507 e. The van der Waals surface area contributed by atoms with Gasteiger partial charge in [-0.3, -0.25) is 29.0 Å². The Morgan fingerprint density at radius 2 is 1.00 bits per heavy atom. The van der Waals surface area contributed by atoms with Gasteiger partial charge in [0, 0.05) is 11.4 Å². The van der Waals surface area contributed by atoms with Crippen molar-refractivity contribution in [2.45, 2.75) is 10.7 Å². The first kappa shape index (κ1) is 24.0. The fourth-order valence-corrected chi connectivity index (χ4v) is 6.41. The number of Topliss-reactive ketones (excluding diaryl/α,β-unsaturated/α-hetero) is 2. The van der Waals surface area contributed by atoms with Crippen LogP contribution in [0.5, 0.6) is 11.5 Å². The van der Waals surface area contributed by atoms with Crippen LogP contribution in [-0.2, 0) is 9.59 Å². The van der Waals surface area contributed by atoms with E-state index >= 15 is 0 Å². The normalized spacial score (nSPS) is 19.7. The molecule has 0 radical (unpaired) electrons. The standard InChI is InChI=1S/C26H20N2O6S2/c29-19-7-3-1-5-17(19)23(33)25-27(21(31)13-35-25)15-9-11-16(12-10-15)28-22(32)14-36-26(28)24(34)18-6-2-4-8-20(18)30/h1-12,25-26,29-30H,13-14H2. The number of rotatable bonds is 6. The molecule has 0 bridgehead atoms. The molecule has 0 aromatic heterocycles. The highest BCUT2D eigenvalue weighted by Crippen LogP contribution is 2.38. The molecule has 2 unspecified atom stereocenters. The van der Waals surface area contributed by atoms with Crippen molar-refractivity contribution in [1.29, 1.82) is 0 Å². The first-order valence-corrected chi connectivity index (χ1v) is 13.1. The van der Waals surface area contributed by atoms with Crippen LogP contribution in [0.2, 0.25) is 0 Å². The van der Waals surface area contributed by atoms with Gasteiger partial charge in [-0.1, -0.05) is 24.3 Å². The predicted molar refractivity (Wildman–Crippen MR) is 139 cm³/mol. The average Bonchev–Trinajstić information content (AvgIpc) is 3.46. The zero-order valence-corrected chi connectivity index (χ0v) is 20.4. The molecular formula is C26H20N2O6S2. The molecule has 2 amide bonds. The van der Waals surface area contributed by atoms with Crippen LogP contribution in [0.25, 0.3) is 0 Å². The minimum atomic E-state index is -0.837. The number of amides is 2. The number of carbonyl (C=O) groups excluding carboxylic acids is 4. The molecule has 0 saturated carbocycles. The van der Waals surface area contributed by atoms with Crippen LogP contribution < -0.4 is 9.80 Å². The van der Waals surface area contributed by atoms with Gasteiger partial charge in [-0.2, -0.15) is 0 Å². The summed E-state index contributed by atoms with van der Waals surface area (Å²) >= 11 is 2.36. The van der Waals surface area contributed by atoms with Gasteiger partial charge in [0.25, 0.3) is 0 Å². The van der Waals surface area contributed by atoms with Crippen molar-refractivity contribution in [3.8, 4) is 11.5 Å². The van der Waals surface area contributed by atoms with E-state index in [4.69, 9.17) is 0 Å². The number of phenols is 2. The number of anilines is 2. The fraction of sp³-hybridized carbons (Fsp3) is 0.154. The molecule has 2 N–H and O–H groups in total. The molecule has 2 fully saturated rings. The van der Waals surface area contributed by atoms with Crippen molar-refractivity contribution in [1.82, 2.24) is 0 Å². The first-order chi connectivity index (χ1) is 17.4. The molecule has 0 spiro atoms. The second-order valence-electron chi connectivity index (χ2n) is 8.13. The van der Waals surface area contributed by atoms with Crippen LogP contribution in [0.3, 0.4) is 0 Å². The number of nitrogens with zero attached hydrogens (tertiary/aromatic N) is 2. The van der Waals surface area contributed by atoms with Crippen molar-refractivity contribution in [2.24, 2.45) is 0 Å². The van der Waals surface area contributed by atoms with Gasteiger partial charge in [-0.25, -0.2) is 0 Å². The number of carbonyl (C=O) groups is 4. The van der Waals surface area contributed by atoms with E-state index in [1.54, 1.807) is 48.5 Å². The zero-order chi connectivity index (χ0) is 25.4. The molecule has 36 heavy (non-hydrogen) atoms. The number of para-hydroxylation sites is 2. The number of phenolic OH excluding ortho intramolecular Hbond substituents is 2. The molecular weight excluding hydrogens is 500 g/mol. The number of aromatic hydroxyl groups is 2. The van der Waals surface area contributed by atoms with Crippen LogP contribution in [0.15, 0.2) is 72.8 Å². The Morgan fingerprint density at radius 3 is 1.36 bits per heavy atom. The van der Waals surface area contributed by atoms with E-state index in [2.05, 4.69) is 0 Å². The lowest BCUT2D eigenvalue weighted by Crippen LogP contribution is -2.39. The van der Waals surface area contributed by atoms with Crippen molar-refractivity contribution < 1.29 is 29.4 Å². The van der Waals surface area contributed by atoms with E-state index in [1.807, 2.05) is 0 Å². The molecule has 2 atom stereocenters. The van der Waals surface area contributed by atoms with E-state index in [0.717, 1.165) is 0 Å². The second kappa shape index (κ2) is 9.71. The SMILES string of the molecule is O=C(c1ccccc1O)C1SCC(=O)N1c1ccc(N2C(=O)CSC2C(=O)c2ccccc2O)cc1. The van der Waals surface area contributed by atoms with E-state index in [-0.39, 0.29) is 57.5 Å². The van der Waals surface area contributed by atoms with Crippen molar-refractivity contribution in [2.75, 3.05) is 21.3 Å². The minimum absolute atomic E-state index is 0.115. The van der Waals surface area contributed by atoms with E-state index in [9.17, 15) is 29.4 Å². The maximum absolute atomic E-state index is 13.1. The molecule has 3 aromatic carbocycles. The second-order valence-corrected chi connectivity index (χ2v) is 10.3. The maximum atomic E-state index is 13.1. The number of hydrogen-bond donors (Lipinski definition) is 2. The van der Waals surface area contributed by atoms with Gasteiger partial charge < -0.3 is 10.2 Å². The lowest BCUT2D eigenvalue weighted by atomic mass is 10.1. The molecule has 3 aromatic rings. The molecule has 5 rings (SSSR count). The van der Waals surface area contributed by atoms with Crippen LogP contribution in [0.4, 0.5) is 11.4 Å². The fourth-order valence-electron chi connectivity index (χ4n) is 4.20. The first-order valence-electron chi connectivity index (χ1n) is 11.0. The number of thioether (sulfide) groups is 2. The summed E-state index contributed by atoms with van der Waals surface area (Å²) in [6.45, 7) is 0. The summed E-state index contributed by atoms with van der Waals surface area (Å²) in [4.78, 5) is 54.3. The third kappa shape index (κ3) is 4.22. The molecule has 2 saturated heterocycles. The summed E-state index contributed by atoms with van der Waals surface area (Å²) in [6.07, 6.45) is 0. The summed E-state index contributed by atoms with van der Waals surface area (Å²) in [7, 11) is 0. The Bertz CT molecular complexity index is 1270. The maximum Gasteiger partial charge on any atom is 0.238 e. The highest BCUT2D eigenvalue weighted by molar-refractivity contribution is 8.02. The Kier molecular flexibility index (Phi) is 6.46. The summed E-state index contributed by atoms with van der Waals surface area (Å²) < 4.78 is 0. The Morgan fingerprint density at radius 1 is 0.639 bits per heavy atom. The zero-order valence-electron chi connectivity index (χ0n) is 18.7. The molecule has 2 heterocycles. The molecule has 10 heteroatoms. The van der Waals surface area contributed by atoms with Crippen LogP contribution in [0.1, 0.15) is 20.7 Å². The molecule has 0 aliphatic carbocycles. The Hall–Kier alpha value is -3.76. The van der Waals surface area contributed by atoms with Crippen molar-refractivity contribution in [3.63, 3.8) is 0 Å². The predicted octanol–water partition coefficient (Wildman–Crippen LogP) is 3.68. The highest BCUT2D eigenvalue weighted by Gasteiger charge is 2.41. The summed E-state index contributed by atoms with van der Waals surface area (Å²) in [6, 6.07) is 18.9. The van der Waals surface area contributed by atoms with Crippen LogP contribution in [0, 0.1) is 0 Å². The molecule has 2 aliphatic rings. The van der Waals surface area contributed by atoms with Crippen LogP contribution in [-0.4, -0.2) is 55.8 Å². The summed E-state index contributed by atoms with van der Waals surface area (Å²) in [5.41, 5.74) is 1.20. The van der Waals surface area contributed by atoms with Gasteiger partial charge in [-0.15, -0.1) is 23.5 Å². The highest BCUT2D eigenvalue weighted by atomic mass is 32.2. The summed E-state index contributed by atoms with van der Waals surface area (Å²) in [5.74, 6) is -1.33. The number of ketones is 2. The quantitative estimate of drug-likeness (QED) is 0.473. The van der Waals surface area contributed by atoms with Gasteiger partial charge in [0.15, 0.2) is 11.6 Å². The van der Waals surface area contributed by atoms with E-state index < -0.39 is 10.7 Å². The number of benzene rings is 3. The van der Waals surface area contributed by atoms with Gasteiger partial charge in [0.05, 0.1) is 22.6 Å². The van der Waals surface area contributed by atoms with Crippen molar-refractivity contribution in [3.05, 3.63) is 83.9 Å². The molecule has 8 nitrogen and oxygen atoms in total. The van der Waals surface area contributed by atoms with Crippen molar-refractivity contribution >= 4 is 58.3 Å². The van der Waals surface area contributed by atoms with Crippen LogP contribution >= 0.6 is 23.5 Å². The monoisotopic (exact) mass is 520 g/mol. The Balaban J connectivity index is 1.41. The van der Waals surface area contributed by atoms with Gasteiger partial charge in [-0.05, 0) is 48.5 Å². The van der Waals surface area contributed by atoms with E-state index in [1.165, 1.54) is 57.6 Å². The lowest BCUT2D eigenvalue weighted by Gasteiger charge is -2.26. The topological polar surface area (TPSA) is 115 Å². The molecule has 182 valence electrons. The summed E-state index contributed by atoms with van der Waals surface area (Å²) in [5, 5.41) is 18.5. The lowest BCUT2D eigenvalue weighted by molar-refractivity contribution is -0.116. The number of hydrogen-bond acceptors (Lipinski definition) is 8. The third-order valence-corrected chi connectivity index (χ3v) is 8.24.